The molecule has 1 aliphatic rings. The molecule has 1 aliphatic heterocycles. The highest BCUT2D eigenvalue weighted by Crippen LogP contribution is 2.24. The smallest absolute Gasteiger partial charge is 0.136 e. The standard InChI is InChI=1S/C11H14BrNO2/c12-10-7-13-4-1-11(10)15-8-9-2-5-14-6-3-9/h1,4,7,9H,2-3,5-6,8H2. The van der Waals surface area contributed by atoms with E-state index in [1.807, 2.05) is 6.07 Å². The van der Waals surface area contributed by atoms with Crippen molar-refractivity contribution in [2.75, 3.05) is 19.8 Å². The first kappa shape index (κ1) is 10.9. The van der Waals surface area contributed by atoms with Gasteiger partial charge in [-0.15, -0.1) is 0 Å². The zero-order chi connectivity index (χ0) is 10.5. The summed E-state index contributed by atoms with van der Waals surface area (Å²) in [6, 6.07) is 1.88. The van der Waals surface area contributed by atoms with E-state index in [-0.39, 0.29) is 0 Å². The van der Waals surface area contributed by atoms with Gasteiger partial charge in [-0.1, -0.05) is 0 Å². The molecule has 1 fully saturated rings. The highest BCUT2D eigenvalue weighted by Gasteiger charge is 2.14. The van der Waals surface area contributed by atoms with Crippen LogP contribution in [0.15, 0.2) is 22.9 Å². The third-order valence-corrected chi connectivity index (χ3v) is 3.15. The normalized spacial score (nSPS) is 17.7. The van der Waals surface area contributed by atoms with Crippen molar-refractivity contribution in [1.29, 1.82) is 0 Å². The Balaban J connectivity index is 1.84. The maximum atomic E-state index is 5.73. The van der Waals surface area contributed by atoms with Crippen LogP contribution in [0.2, 0.25) is 0 Å². The summed E-state index contributed by atoms with van der Waals surface area (Å²) in [6.45, 7) is 2.50. The molecule has 2 rings (SSSR count). The van der Waals surface area contributed by atoms with Crippen molar-refractivity contribution in [2.45, 2.75) is 12.8 Å². The minimum Gasteiger partial charge on any atom is -0.492 e. The maximum Gasteiger partial charge on any atom is 0.136 e. The Bertz CT molecular complexity index is 313. The van der Waals surface area contributed by atoms with Crippen molar-refractivity contribution in [3.63, 3.8) is 0 Å². The molecule has 82 valence electrons. The van der Waals surface area contributed by atoms with Gasteiger partial charge in [-0.3, -0.25) is 4.98 Å². The zero-order valence-electron chi connectivity index (χ0n) is 8.49. The van der Waals surface area contributed by atoms with E-state index < -0.39 is 0 Å². The Hall–Kier alpha value is -0.610. The molecular formula is C11H14BrNO2. The second-order valence-electron chi connectivity index (χ2n) is 3.67. The lowest BCUT2D eigenvalue weighted by molar-refractivity contribution is 0.0496. The summed E-state index contributed by atoms with van der Waals surface area (Å²) < 4.78 is 11.9. The number of hydrogen-bond donors (Lipinski definition) is 0. The largest absolute Gasteiger partial charge is 0.492 e. The number of rotatable bonds is 3. The van der Waals surface area contributed by atoms with Crippen LogP contribution in [0.5, 0.6) is 5.75 Å². The minimum atomic E-state index is 0.624. The van der Waals surface area contributed by atoms with Crippen LogP contribution in [0.1, 0.15) is 12.8 Å². The molecule has 3 nitrogen and oxygen atoms in total. The predicted molar refractivity (Wildman–Crippen MR) is 61.0 cm³/mol. The van der Waals surface area contributed by atoms with Crippen molar-refractivity contribution in [3.05, 3.63) is 22.9 Å². The van der Waals surface area contributed by atoms with Gasteiger partial charge in [0.25, 0.3) is 0 Å². The van der Waals surface area contributed by atoms with Crippen molar-refractivity contribution < 1.29 is 9.47 Å². The number of ether oxygens (including phenoxy) is 2. The van der Waals surface area contributed by atoms with E-state index >= 15 is 0 Å². The lowest BCUT2D eigenvalue weighted by Gasteiger charge is -2.22. The molecule has 0 atom stereocenters. The van der Waals surface area contributed by atoms with Gasteiger partial charge in [-0.2, -0.15) is 0 Å². The Morgan fingerprint density at radius 1 is 1.47 bits per heavy atom. The predicted octanol–water partition coefficient (Wildman–Crippen LogP) is 2.65. The van der Waals surface area contributed by atoms with Crippen LogP contribution in [0.3, 0.4) is 0 Å². The number of pyridine rings is 1. The van der Waals surface area contributed by atoms with E-state index in [4.69, 9.17) is 9.47 Å². The van der Waals surface area contributed by atoms with E-state index in [0.717, 1.165) is 42.9 Å². The summed E-state index contributed by atoms with van der Waals surface area (Å²) in [6.07, 6.45) is 5.69. The van der Waals surface area contributed by atoms with Crippen LogP contribution in [-0.2, 0) is 4.74 Å². The Labute approximate surface area is 97.9 Å². The average Bonchev–Trinajstić information content (AvgIpc) is 2.29. The molecule has 0 N–H and O–H groups in total. The number of aromatic nitrogens is 1. The monoisotopic (exact) mass is 271 g/mol. The molecule has 0 unspecified atom stereocenters. The van der Waals surface area contributed by atoms with Crippen LogP contribution < -0.4 is 4.74 Å². The molecule has 0 spiro atoms. The average molecular weight is 272 g/mol. The molecule has 15 heavy (non-hydrogen) atoms. The van der Waals surface area contributed by atoms with E-state index in [1.165, 1.54) is 0 Å². The molecule has 0 saturated carbocycles. The lowest BCUT2D eigenvalue weighted by atomic mass is 10.0. The quantitative estimate of drug-likeness (QED) is 0.847. The topological polar surface area (TPSA) is 31.4 Å². The summed E-state index contributed by atoms with van der Waals surface area (Å²) in [7, 11) is 0. The first-order valence-electron chi connectivity index (χ1n) is 5.16. The van der Waals surface area contributed by atoms with Crippen molar-refractivity contribution in [2.24, 2.45) is 5.92 Å². The summed E-state index contributed by atoms with van der Waals surface area (Å²) in [5.41, 5.74) is 0. The SMILES string of the molecule is Brc1cnccc1OCC1CCOCC1. The summed E-state index contributed by atoms with van der Waals surface area (Å²) in [4.78, 5) is 3.99. The minimum absolute atomic E-state index is 0.624. The summed E-state index contributed by atoms with van der Waals surface area (Å²) in [5, 5.41) is 0. The van der Waals surface area contributed by atoms with Gasteiger partial charge in [0, 0.05) is 25.6 Å². The number of nitrogens with zero attached hydrogens (tertiary/aromatic N) is 1. The van der Waals surface area contributed by atoms with Crippen molar-refractivity contribution in [3.8, 4) is 5.75 Å². The maximum absolute atomic E-state index is 5.73. The molecule has 1 saturated heterocycles. The molecule has 2 heterocycles. The van der Waals surface area contributed by atoms with Gasteiger partial charge in [0.15, 0.2) is 0 Å². The van der Waals surface area contributed by atoms with Crippen molar-refractivity contribution in [1.82, 2.24) is 4.98 Å². The fraction of sp³-hybridized carbons (Fsp3) is 0.545. The Morgan fingerprint density at radius 3 is 3.00 bits per heavy atom. The van der Waals surface area contributed by atoms with E-state index in [0.29, 0.717) is 5.92 Å². The fourth-order valence-electron chi connectivity index (χ4n) is 1.60. The van der Waals surface area contributed by atoms with Gasteiger partial charge in [-0.05, 0) is 40.8 Å². The summed E-state index contributed by atoms with van der Waals surface area (Å²) >= 11 is 3.41. The molecular weight excluding hydrogens is 258 g/mol. The molecule has 0 aliphatic carbocycles. The van der Waals surface area contributed by atoms with E-state index in [1.54, 1.807) is 12.4 Å². The van der Waals surface area contributed by atoms with Gasteiger partial charge in [0.1, 0.15) is 5.75 Å². The second-order valence-corrected chi connectivity index (χ2v) is 4.53. The number of hydrogen-bond acceptors (Lipinski definition) is 3. The van der Waals surface area contributed by atoms with Crippen molar-refractivity contribution >= 4 is 15.9 Å². The van der Waals surface area contributed by atoms with Gasteiger partial charge in [0.05, 0.1) is 11.1 Å². The van der Waals surface area contributed by atoms with E-state index in [2.05, 4.69) is 20.9 Å². The molecule has 1 aromatic rings. The Morgan fingerprint density at radius 2 is 2.27 bits per heavy atom. The first-order valence-corrected chi connectivity index (χ1v) is 5.95. The lowest BCUT2D eigenvalue weighted by Crippen LogP contribution is -2.21. The molecule has 0 amide bonds. The molecule has 1 aromatic heterocycles. The highest BCUT2D eigenvalue weighted by atomic mass is 79.9. The Kier molecular flexibility index (Phi) is 3.97. The molecule has 0 radical (unpaired) electrons. The molecule has 4 heteroatoms. The third kappa shape index (κ3) is 3.18. The third-order valence-electron chi connectivity index (χ3n) is 2.55. The van der Waals surface area contributed by atoms with Gasteiger partial charge >= 0.3 is 0 Å². The molecule has 0 aromatic carbocycles. The van der Waals surface area contributed by atoms with Gasteiger partial charge in [-0.25, -0.2) is 0 Å². The second kappa shape index (κ2) is 5.47. The highest BCUT2D eigenvalue weighted by molar-refractivity contribution is 9.10. The van der Waals surface area contributed by atoms with Gasteiger partial charge < -0.3 is 9.47 Å². The number of halogens is 1. The van der Waals surface area contributed by atoms with Crippen LogP contribution in [0.4, 0.5) is 0 Å². The summed E-state index contributed by atoms with van der Waals surface area (Å²) in [5.74, 6) is 1.50. The van der Waals surface area contributed by atoms with Gasteiger partial charge in [0.2, 0.25) is 0 Å². The fourth-order valence-corrected chi connectivity index (χ4v) is 1.97. The van der Waals surface area contributed by atoms with E-state index in [9.17, 15) is 0 Å². The van der Waals surface area contributed by atoms with Crippen LogP contribution in [-0.4, -0.2) is 24.8 Å². The van der Waals surface area contributed by atoms with Crippen LogP contribution in [0, 0.1) is 5.92 Å². The first-order chi connectivity index (χ1) is 7.36. The zero-order valence-corrected chi connectivity index (χ0v) is 10.1. The molecule has 0 bridgehead atoms. The van der Waals surface area contributed by atoms with Crippen LogP contribution >= 0.6 is 15.9 Å². The van der Waals surface area contributed by atoms with Crippen LogP contribution in [0.25, 0.3) is 0 Å².